The molecule has 0 aliphatic carbocycles. The lowest BCUT2D eigenvalue weighted by molar-refractivity contribution is -0.385. The van der Waals surface area contributed by atoms with Gasteiger partial charge in [0.15, 0.2) is 0 Å². The lowest BCUT2D eigenvalue weighted by Gasteiger charge is -2.20. The minimum atomic E-state index is -0.804. The molecule has 1 amide bonds. The number of nitro benzene ring substituents is 1. The molecule has 0 bridgehead atoms. The smallest absolute Gasteiger partial charge is 0.344 e. The van der Waals surface area contributed by atoms with Gasteiger partial charge in [-0.15, -0.1) is 0 Å². The van der Waals surface area contributed by atoms with E-state index in [4.69, 9.17) is 0 Å². The monoisotopic (exact) mass is 294 g/mol. The molecular weight excluding hydrogens is 276 g/mol. The van der Waals surface area contributed by atoms with Gasteiger partial charge in [-0.1, -0.05) is 6.92 Å². The van der Waals surface area contributed by atoms with Gasteiger partial charge in [-0.05, 0) is 25.5 Å². The summed E-state index contributed by atoms with van der Waals surface area (Å²) in [5.41, 5.74) is -0.414. The van der Waals surface area contributed by atoms with Crippen molar-refractivity contribution in [3.8, 4) is 0 Å². The van der Waals surface area contributed by atoms with Crippen molar-refractivity contribution in [1.82, 2.24) is 4.90 Å². The fourth-order valence-corrected chi connectivity index (χ4v) is 1.95. The highest BCUT2D eigenvalue weighted by Crippen LogP contribution is 2.22. The van der Waals surface area contributed by atoms with Crippen LogP contribution in [0.5, 0.6) is 0 Å². The topological polar surface area (TPSA) is 89.8 Å². The standard InChI is InChI=1S/C14H18N2O5/c1-4-8-15(5-2)13(17)10-6-7-11(14(18)21-3)12(9-10)16(19)20/h6-7,9H,4-5,8H2,1-3H3. The Balaban J connectivity index is 3.22. The Morgan fingerprint density at radius 2 is 2.00 bits per heavy atom. The third-order valence-corrected chi connectivity index (χ3v) is 3.01. The predicted octanol–water partition coefficient (Wildman–Crippen LogP) is 2.25. The molecule has 0 saturated carbocycles. The molecule has 0 aliphatic rings. The van der Waals surface area contributed by atoms with Gasteiger partial charge >= 0.3 is 5.97 Å². The Bertz CT molecular complexity index is 556. The van der Waals surface area contributed by atoms with Gasteiger partial charge in [0.2, 0.25) is 0 Å². The molecule has 0 saturated heterocycles. The van der Waals surface area contributed by atoms with Crippen molar-refractivity contribution in [3.63, 3.8) is 0 Å². The molecule has 0 fully saturated rings. The van der Waals surface area contributed by atoms with Crippen LogP contribution in [0.1, 0.15) is 41.0 Å². The van der Waals surface area contributed by atoms with E-state index in [2.05, 4.69) is 4.74 Å². The molecule has 0 atom stereocenters. The summed E-state index contributed by atoms with van der Waals surface area (Å²) in [6, 6.07) is 3.77. The summed E-state index contributed by atoms with van der Waals surface area (Å²) in [5, 5.41) is 11.1. The highest BCUT2D eigenvalue weighted by Gasteiger charge is 2.24. The number of carbonyl (C=O) groups excluding carboxylic acids is 2. The fraction of sp³-hybridized carbons (Fsp3) is 0.429. The molecule has 21 heavy (non-hydrogen) atoms. The highest BCUT2D eigenvalue weighted by molar-refractivity contribution is 5.99. The van der Waals surface area contributed by atoms with E-state index in [-0.39, 0.29) is 17.0 Å². The fourth-order valence-electron chi connectivity index (χ4n) is 1.95. The van der Waals surface area contributed by atoms with Gasteiger partial charge in [0.1, 0.15) is 5.56 Å². The van der Waals surface area contributed by atoms with E-state index in [9.17, 15) is 19.7 Å². The molecule has 0 aromatic heterocycles. The minimum Gasteiger partial charge on any atom is -0.465 e. The molecule has 114 valence electrons. The van der Waals surface area contributed by atoms with E-state index in [1.165, 1.54) is 12.1 Å². The first-order chi connectivity index (χ1) is 9.96. The van der Waals surface area contributed by atoms with E-state index in [0.29, 0.717) is 13.1 Å². The second-order valence-corrected chi connectivity index (χ2v) is 4.37. The molecule has 0 unspecified atom stereocenters. The third-order valence-electron chi connectivity index (χ3n) is 3.01. The van der Waals surface area contributed by atoms with Crippen molar-refractivity contribution < 1.29 is 19.2 Å². The molecule has 1 aromatic rings. The van der Waals surface area contributed by atoms with Crippen LogP contribution >= 0.6 is 0 Å². The first-order valence-corrected chi connectivity index (χ1v) is 6.62. The van der Waals surface area contributed by atoms with Crippen LogP contribution in [-0.2, 0) is 4.74 Å². The summed E-state index contributed by atoms with van der Waals surface area (Å²) in [6.07, 6.45) is 0.794. The number of amides is 1. The molecule has 0 N–H and O–H groups in total. The average Bonchev–Trinajstić information content (AvgIpc) is 2.50. The van der Waals surface area contributed by atoms with Gasteiger partial charge in [0.05, 0.1) is 12.0 Å². The number of rotatable bonds is 6. The van der Waals surface area contributed by atoms with Gasteiger partial charge in [-0.3, -0.25) is 14.9 Å². The number of esters is 1. The van der Waals surface area contributed by atoms with Crippen molar-refractivity contribution in [2.75, 3.05) is 20.2 Å². The molecule has 1 rings (SSSR count). The second-order valence-electron chi connectivity index (χ2n) is 4.37. The second kappa shape index (κ2) is 7.37. The van der Waals surface area contributed by atoms with E-state index in [1.54, 1.807) is 4.90 Å². The van der Waals surface area contributed by atoms with E-state index in [0.717, 1.165) is 19.6 Å². The summed E-state index contributed by atoms with van der Waals surface area (Å²) in [6.45, 7) is 4.87. The molecule has 0 radical (unpaired) electrons. The number of hydrogen-bond donors (Lipinski definition) is 0. The van der Waals surface area contributed by atoms with Gasteiger partial charge in [-0.2, -0.15) is 0 Å². The highest BCUT2D eigenvalue weighted by atomic mass is 16.6. The number of nitrogens with zero attached hydrogens (tertiary/aromatic N) is 2. The number of methoxy groups -OCH3 is 1. The van der Waals surface area contributed by atoms with Gasteiger partial charge in [0.25, 0.3) is 11.6 Å². The SMILES string of the molecule is CCCN(CC)C(=O)c1ccc(C(=O)OC)c([N+](=O)[O-])c1. The summed E-state index contributed by atoms with van der Waals surface area (Å²) in [4.78, 5) is 35.7. The van der Waals surface area contributed by atoms with Crippen molar-refractivity contribution in [3.05, 3.63) is 39.4 Å². The molecule has 0 spiro atoms. The molecular formula is C14H18N2O5. The molecule has 7 nitrogen and oxygen atoms in total. The first-order valence-electron chi connectivity index (χ1n) is 6.62. The normalized spacial score (nSPS) is 10.0. The average molecular weight is 294 g/mol. The summed E-state index contributed by atoms with van der Waals surface area (Å²) in [5.74, 6) is -1.10. The number of nitro groups is 1. The Hall–Kier alpha value is -2.44. The number of carbonyl (C=O) groups is 2. The number of benzene rings is 1. The van der Waals surface area contributed by atoms with Crippen LogP contribution in [0.2, 0.25) is 0 Å². The quantitative estimate of drug-likeness (QED) is 0.456. The molecule has 0 heterocycles. The van der Waals surface area contributed by atoms with E-state index < -0.39 is 16.6 Å². The Morgan fingerprint density at radius 3 is 2.48 bits per heavy atom. The Labute approximate surface area is 122 Å². The maximum Gasteiger partial charge on any atom is 0.344 e. The van der Waals surface area contributed by atoms with Crippen LogP contribution in [0, 0.1) is 10.1 Å². The van der Waals surface area contributed by atoms with Crippen LogP contribution in [0.3, 0.4) is 0 Å². The molecule has 1 aromatic carbocycles. The van der Waals surface area contributed by atoms with E-state index >= 15 is 0 Å². The zero-order valence-electron chi connectivity index (χ0n) is 12.3. The summed E-state index contributed by atoms with van der Waals surface area (Å²) >= 11 is 0. The zero-order chi connectivity index (χ0) is 16.0. The predicted molar refractivity (Wildman–Crippen MR) is 76.3 cm³/mol. The van der Waals surface area contributed by atoms with Gasteiger partial charge < -0.3 is 9.64 Å². The maximum atomic E-state index is 12.3. The van der Waals surface area contributed by atoms with Crippen LogP contribution in [0.25, 0.3) is 0 Å². The minimum absolute atomic E-state index is 0.169. The molecule has 7 heteroatoms. The number of hydrogen-bond acceptors (Lipinski definition) is 5. The summed E-state index contributed by atoms with van der Waals surface area (Å²) < 4.78 is 4.50. The lowest BCUT2D eigenvalue weighted by atomic mass is 10.1. The van der Waals surface area contributed by atoms with Gasteiger partial charge in [0, 0.05) is 24.7 Å². The van der Waals surface area contributed by atoms with Crippen molar-refractivity contribution in [2.45, 2.75) is 20.3 Å². The third kappa shape index (κ3) is 3.77. The Kier molecular flexibility index (Phi) is 5.83. The van der Waals surface area contributed by atoms with Crippen LogP contribution < -0.4 is 0 Å². The van der Waals surface area contributed by atoms with Crippen molar-refractivity contribution in [2.24, 2.45) is 0 Å². The van der Waals surface area contributed by atoms with Crippen molar-refractivity contribution in [1.29, 1.82) is 0 Å². The lowest BCUT2D eigenvalue weighted by Crippen LogP contribution is -2.31. The van der Waals surface area contributed by atoms with E-state index in [1.807, 2.05) is 13.8 Å². The molecule has 0 aliphatic heterocycles. The summed E-state index contributed by atoms with van der Waals surface area (Å²) in [7, 11) is 1.14. The largest absolute Gasteiger partial charge is 0.465 e. The number of ether oxygens (including phenoxy) is 1. The van der Waals surface area contributed by atoms with Crippen LogP contribution in [0.4, 0.5) is 5.69 Å². The van der Waals surface area contributed by atoms with Crippen LogP contribution in [0.15, 0.2) is 18.2 Å². The zero-order valence-corrected chi connectivity index (χ0v) is 12.3. The van der Waals surface area contributed by atoms with Crippen LogP contribution in [-0.4, -0.2) is 41.9 Å². The van der Waals surface area contributed by atoms with Gasteiger partial charge in [-0.25, -0.2) is 4.79 Å². The first kappa shape index (κ1) is 16.6. The maximum absolute atomic E-state index is 12.3. The van der Waals surface area contributed by atoms with Crippen molar-refractivity contribution >= 4 is 17.6 Å². The Morgan fingerprint density at radius 1 is 1.33 bits per heavy atom.